The Balaban J connectivity index is 2.12. The van der Waals surface area contributed by atoms with Gasteiger partial charge in [-0.15, -0.1) is 0 Å². The van der Waals surface area contributed by atoms with Crippen molar-refractivity contribution in [2.45, 2.75) is 30.7 Å². The Kier molecular flexibility index (Phi) is 3.54. The fourth-order valence-electron chi connectivity index (χ4n) is 2.48. The number of carbonyl (C=O) groups is 1. The van der Waals surface area contributed by atoms with Crippen molar-refractivity contribution >= 4 is 21.9 Å². The van der Waals surface area contributed by atoms with E-state index in [0.29, 0.717) is 18.8 Å². The molecular formula is C13H16BrNO2. The number of methoxy groups -OCH3 is 1. The monoisotopic (exact) mass is 297 g/mol. The Labute approximate surface area is 109 Å². The van der Waals surface area contributed by atoms with E-state index in [0.717, 1.165) is 10.9 Å². The predicted molar refractivity (Wildman–Crippen MR) is 69.7 cm³/mol. The quantitative estimate of drug-likeness (QED) is 0.854. The Morgan fingerprint density at radius 3 is 2.71 bits per heavy atom. The summed E-state index contributed by atoms with van der Waals surface area (Å²) in [5.41, 5.74) is 6.53. The van der Waals surface area contributed by atoms with E-state index in [1.54, 1.807) is 0 Å². The van der Waals surface area contributed by atoms with Crippen molar-refractivity contribution in [3.63, 3.8) is 0 Å². The summed E-state index contributed by atoms with van der Waals surface area (Å²) in [6.07, 6.45) is 2.30. The van der Waals surface area contributed by atoms with Gasteiger partial charge in [-0.25, -0.2) is 0 Å². The van der Waals surface area contributed by atoms with Crippen LogP contribution in [0.2, 0.25) is 0 Å². The van der Waals surface area contributed by atoms with Crippen LogP contribution in [-0.4, -0.2) is 18.6 Å². The van der Waals surface area contributed by atoms with E-state index in [1.165, 1.54) is 12.7 Å². The second kappa shape index (κ2) is 4.78. The van der Waals surface area contributed by atoms with Crippen molar-refractivity contribution < 1.29 is 9.53 Å². The van der Waals surface area contributed by atoms with Crippen LogP contribution in [0.1, 0.15) is 30.7 Å². The molecule has 0 bridgehead atoms. The fraction of sp³-hybridized carbons (Fsp3) is 0.462. The van der Waals surface area contributed by atoms with Crippen LogP contribution in [-0.2, 0) is 9.53 Å². The molecule has 2 N–H and O–H groups in total. The highest BCUT2D eigenvalue weighted by atomic mass is 79.9. The zero-order valence-electron chi connectivity index (χ0n) is 9.78. The van der Waals surface area contributed by atoms with Gasteiger partial charge in [-0.05, 0) is 42.9 Å². The van der Waals surface area contributed by atoms with Crippen LogP contribution in [0.3, 0.4) is 0 Å². The molecule has 4 heteroatoms. The maximum absolute atomic E-state index is 11.6. The van der Waals surface area contributed by atoms with Crippen molar-refractivity contribution in [3.05, 3.63) is 34.3 Å². The minimum absolute atomic E-state index is 0.294. The van der Waals surface area contributed by atoms with E-state index >= 15 is 0 Å². The lowest BCUT2D eigenvalue weighted by Gasteiger charge is -2.20. The van der Waals surface area contributed by atoms with E-state index in [1.807, 2.05) is 12.1 Å². The van der Waals surface area contributed by atoms with Gasteiger partial charge in [0.1, 0.15) is 5.54 Å². The summed E-state index contributed by atoms with van der Waals surface area (Å²) in [7, 11) is 1.39. The van der Waals surface area contributed by atoms with Gasteiger partial charge in [0.25, 0.3) is 0 Å². The van der Waals surface area contributed by atoms with E-state index in [9.17, 15) is 4.79 Å². The number of nitrogens with two attached hydrogens (primary N) is 1. The smallest absolute Gasteiger partial charge is 0.325 e. The Hall–Kier alpha value is -0.870. The second-order valence-corrected chi connectivity index (χ2v) is 5.55. The molecule has 1 aromatic rings. The van der Waals surface area contributed by atoms with Gasteiger partial charge >= 0.3 is 5.97 Å². The molecule has 0 radical (unpaired) electrons. The first kappa shape index (κ1) is 12.6. The lowest BCUT2D eigenvalue weighted by molar-refractivity contribution is -0.146. The molecule has 0 heterocycles. The highest BCUT2D eigenvalue weighted by Crippen LogP contribution is 2.40. The minimum Gasteiger partial charge on any atom is -0.468 e. The number of carbonyl (C=O) groups excluding carboxylic acids is 1. The Morgan fingerprint density at radius 1 is 1.47 bits per heavy atom. The number of benzene rings is 1. The van der Waals surface area contributed by atoms with Gasteiger partial charge in [-0.2, -0.15) is 0 Å². The first-order chi connectivity index (χ1) is 8.05. The average Bonchev–Trinajstić information content (AvgIpc) is 2.73. The second-order valence-electron chi connectivity index (χ2n) is 4.64. The first-order valence-electron chi connectivity index (χ1n) is 5.68. The molecule has 1 saturated carbocycles. The molecule has 1 fully saturated rings. The molecule has 2 atom stereocenters. The molecule has 0 aliphatic heterocycles. The number of ether oxygens (including phenoxy) is 1. The first-order valence-corrected chi connectivity index (χ1v) is 6.47. The molecule has 1 aliphatic carbocycles. The summed E-state index contributed by atoms with van der Waals surface area (Å²) in [5, 5.41) is 0. The molecule has 0 aromatic heterocycles. The summed E-state index contributed by atoms with van der Waals surface area (Å²) < 4.78 is 5.83. The third kappa shape index (κ3) is 2.53. The molecule has 2 rings (SSSR count). The van der Waals surface area contributed by atoms with Crippen LogP contribution in [0.25, 0.3) is 0 Å². The van der Waals surface area contributed by atoms with Gasteiger partial charge in [0.2, 0.25) is 0 Å². The van der Waals surface area contributed by atoms with Crippen LogP contribution in [0, 0.1) is 0 Å². The zero-order valence-corrected chi connectivity index (χ0v) is 11.4. The van der Waals surface area contributed by atoms with Crippen molar-refractivity contribution in [1.29, 1.82) is 0 Å². The Morgan fingerprint density at radius 2 is 2.12 bits per heavy atom. The summed E-state index contributed by atoms with van der Waals surface area (Å²) in [4.78, 5) is 11.6. The van der Waals surface area contributed by atoms with Crippen LogP contribution in [0.5, 0.6) is 0 Å². The van der Waals surface area contributed by atoms with Crippen LogP contribution < -0.4 is 5.73 Å². The van der Waals surface area contributed by atoms with Crippen molar-refractivity contribution in [3.8, 4) is 0 Å². The van der Waals surface area contributed by atoms with Gasteiger partial charge in [0.15, 0.2) is 0 Å². The maximum Gasteiger partial charge on any atom is 0.325 e. The number of esters is 1. The standard InChI is InChI=1S/C13H16BrNO2/c1-17-12(16)13(15)7-6-10(8-13)9-2-4-11(14)5-3-9/h2-5,10H,6-8,15H2,1H3/t10-,13-/m0/s1. The third-order valence-corrected chi connectivity index (χ3v) is 4.01. The van der Waals surface area contributed by atoms with Crippen molar-refractivity contribution in [2.75, 3.05) is 7.11 Å². The SMILES string of the molecule is COC(=O)[C@]1(N)CC[C@H](c2ccc(Br)cc2)C1. The van der Waals surface area contributed by atoms with E-state index in [2.05, 4.69) is 28.1 Å². The van der Waals surface area contributed by atoms with Gasteiger partial charge < -0.3 is 10.5 Å². The molecule has 0 unspecified atom stereocenters. The van der Waals surface area contributed by atoms with E-state index < -0.39 is 5.54 Å². The Bertz CT molecular complexity index is 418. The molecule has 17 heavy (non-hydrogen) atoms. The maximum atomic E-state index is 11.6. The van der Waals surface area contributed by atoms with Gasteiger partial charge in [0, 0.05) is 4.47 Å². The minimum atomic E-state index is -0.799. The summed E-state index contributed by atoms with van der Waals surface area (Å²) in [6, 6.07) is 8.20. The summed E-state index contributed by atoms with van der Waals surface area (Å²) in [5.74, 6) is 0.0595. The normalized spacial score (nSPS) is 28.1. The molecule has 1 aromatic carbocycles. The summed E-state index contributed by atoms with van der Waals surface area (Å²) >= 11 is 3.41. The lowest BCUT2D eigenvalue weighted by Crippen LogP contribution is -2.46. The van der Waals surface area contributed by atoms with Crippen LogP contribution >= 0.6 is 15.9 Å². The highest BCUT2D eigenvalue weighted by Gasteiger charge is 2.43. The third-order valence-electron chi connectivity index (χ3n) is 3.48. The fourth-order valence-corrected chi connectivity index (χ4v) is 2.75. The number of hydrogen-bond acceptors (Lipinski definition) is 3. The molecule has 1 aliphatic rings. The molecular weight excluding hydrogens is 282 g/mol. The van der Waals surface area contributed by atoms with E-state index in [4.69, 9.17) is 10.5 Å². The number of halogens is 1. The van der Waals surface area contributed by atoms with Gasteiger partial charge in [-0.3, -0.25) is 4.79 Å². The molecule has 92 valence electrons. The zero-order chi connectivity index (χ0) is 12.5. The molecule has 3 nitrogen and oxygen atoms in total. The summed E-state index contributed by atoms with van der Waals surface area (Å²) in [6.45, 7) is 0. The number of rotatable bonds is 2. The van der Waals surface area contributed by atoms with E-state index in [-0.39, 0.29) is 5.97 Å². The van der Waals surface area contributed by atoms with Crippen molar-refractivity contribution in [1.82, 2.24) is 0 Å². The largest absolute Gasteiger partial charge is 0.468 e. The molecule has 0 amide bonds. The molecule has 0 saturated heterocycles. The lowest BCUT2D eigenvalue weighted by atomic mass is 9.93. The topological polar surface area (TPSA) is 52.3 Å². The van der Waals surface area contributed by atoms with Gasteiger partial charge in [-0.1, -0.05) is 28.1 Å². The average molecular weight is 298 g/mol. The number of hydrogen-bond donors (Lipinski definition) is 1. The predicted octanol–water partition coefficient (Wildman–Crippen LogP) is 2.59. The van der Waals surface area contributed by atoms with Crippen molar-refractivity contribution in [2.24, 2.45) is 5.73 Å². The van der Waals surface area contributed by atoms with Gasteiger partial charge in [0.05, 0.1) is 7.11 Å². The highest BCUT2D eigenvalue weighted by molar-refractivity contribution is 9.10. The molecule has 0 spiro atoms. The van der Waals surface area contributed by atoms with Crippen LogP contribution in [0.4, 0.5) is 0 Å². The van der Waals surface area contributed by atoms with Crippen LogP contribution in [0.15, 0.2) is 28.7 Å².